The summed E-state index contributed by atoms with van der Waals surface area (Å²) in [6, 6.07) is 14.5. The third-order valence-electron chi connectivity index (χ3n) is 3.33. The molecule has 7 heteroatoms. The molecule has 0 saturated carbocycles. The molecule has 0 unspecified atom stereocenters. The lowest BCUT2D eigenvalue weighted by Crippen LogP contribution is -2.19. The van der Waals surface area contributed by atoms with Crippen LogP contribution in [0.1, 0.15) is 0 Å². The quantitative estimate of drug-likeness (QED) is 0.351. The number of fused-ring (bicyclic) bond motifs is 3. The molecule has 21 heavy (non-hydrogen) atoms. The van der Waals surface area contributed by atoms with Crippen LogP contribution in [0, 0.1) is 10.1 Å². The van der Waals surface area contributed by atoms with E-state index in [1.807, 2.05) is 28.7 Å². The van der Waals surface area contributed by atoms with Gasteiger partial charge in [0, 0.05) is 12.1 Å². The summed E-state index contributed by atoms with van der Waals surface area (Å²) < 4.78 is 3.18. The van der Waals surface area contributed by atoms with Gasteiger partial charge in [-0.3, -0.25) is 10.1 Å². The Morgan fingerprint density at radius 2 is 1.90 bits per heavy atom. The molecule has 0 atom stereocenters. The Bertz CT molecular complexity index is 972. The fourth-order valence-corrected chi connectivity index (χ4v) is 3.33. The van der Waals surface area contributed by atoms with E-state index in [0.29, 0.717) is 0 Å². The van der Waals surface area contributed by atoms with E-state index in [4.69, 9.17) is 0 Å². The van der Waals surface area contributed by atoms with E-state index in [2.05, 4.69) is 10.2 Å². The van der Waals surface area contributed by atoms with Gasteiger partial charge in [0.25, 0.3) is 11.5 Å². The molecule has 0 amide bonds. The lowest BCUT2D eigenvalue weighted by atomic mass is 10.2. The Morgan fingerprint density at radius 3 is 2.67 bits per heavy atom. The standard InChI is InChI=1S/C14H8N4O2S/c19-18(20)10-7-5-9(6-8-10)13-15-16-14-17(13)11-3-1-2-4-12(11)21-14/h1-8H/p+1. The Morgan fingerprint density at radius 1 is 1.14 bits per heavy atom. The van der Waals surface area contributed by atoms with Gasteiger partial charge in [-0.25, -0.2) is 0 Å². The first-order valence-corrected chi connectivity index (χ1v) is 7.08. The molecule has 0 radical (unpaired) electrons. The molecular formula is C14H9N4O2S+. The van der Waals surface area contributed by atoms with Crippen LogP contribution in [-0.2, 0) is 0 Å². The average Bonchev–Trinajstić information content (AvgIpc) is 3.06. The van der Waals surface area contributed by atoms with Gasteiger partial charge < -0.3 is 0 Å². The zero-order valence-electron chi connectivity index (χ0n) is 10.7. The van der Waals surface area contributed by atoms with Gasteiger partial charge in [0.1, 0.15) is 5.52 Å². The lowest BCUT2D eigenvalue weighted by molar-refractivity contribution is -0.464. The molecule has 102 valence electrons. The van der Waals surface area contributed by atoms with Gasteiger partial charge in [0.05, 0.1) is 20.3 Å². The van der Waals surface area contributed by atoms with Crippen molar-refractivity contribution in [2.45, 2.75) is 0 Å². The Hall–Kier alpha value is -2.80. The number of non-ortho nitro benzene ring substituents is 1. The highest BCUT2D eigenvalue weighted by Crippen LogP contribution is 2.24. The minimum atomic E-state index is -0.403. The van der Waals surface area contributed by atoms with Gasteiger partial charge in [0.15, 0.2) is 0 Å². The van der Waals surface area contributed by atoms with Crippen LogP contribution in [0.25, 0.3) is 26.6 Å². The van der Waals surface area contributed by atoms with Crippen molar-refractivity contribution in [2.75, 3.05) is 0 Å². The number of nitro benzene ring substituents is 1. The van der Waals surface area contributed by atoms with E-state index in [1.165, 1.54) is 12.1 Å². The maximum absolute atomic E-state index is 10.7. The monoisotopic (exact) mass is 297 g/mol. The van der Waals surface area contributed by atoms with Gasteiger partial charge in [-0.15, -0.1) is 5.10 Å². The fraction of sp³-hybridized carbons (Fsp3) is 0. The molecule has 0 aliphatic heterocycles. The topological polar surface area (TPSA) is 75.9 Å². The number of rotatable bonds is 2. The number of hydrogen-bond donors (Lipinski definition) is 1. The van der Waals surface area contributed by atoms with Crippen LogP contribution in [-0.4, -0.2) is 15.1 Å². The first-order valence-electron chi connectivity index (χ1n) is 6.26. The molecule has 0 bridgehead atoms. The first kappa shape index (κ1) is 12.0. The highest BCUT2D eigenvalue weighted by molar-refractivity contribution is 7.22. The number of aromatic nitrogens is 3. The second kappa shape index (κ2) is 4.35. The third-order valence-corrected chi connectivity index (χ3v) is 4.35. The maximum atomic E-state index is 10.7. The van der Waals surface area contributed by atoms with E-state index >= 15 is 0 Å². The minimum Gasteiger partial charge on any atom is -0.258 e. The molecule has 0 saturated heterocycles. The molecule has 4 rings (SSSR count). The molecule has 2 heterocycles. The van der Waals surface area contributed by atoms with Crippen LogP contribution in [0.5, 0.6) is 0 Å². The van der Waals surface area contributed by atoms with Crippen LogP contribution in [0.4, 0.5) is 5.69 Å². The fourth-order valence-electron chi connectivity index (χ4n) is 2.35. The van der Waals surface area contributed by atoms with Crippen molar-refractivity contribution >= 4 is 32.2 Å². The zero-order chi connectivity index (χ0) is 14.4. The predicted octanol–water partition coefficient (Wildman–Crippen LogP) is 2.94. The maximum Gasteiger partial charge on any atom is 0.364 e. The van der Waals surface area contributed by atoms with Crippen molar-refractivity contribution in [3.8, 4) is 11.4 Å². The molecule has 2 aromatic carbocycles. The van der Waals surface area contributed by atoms with Gasteiger partial charge in [-0.2, -0.15) is 4.40 Å². The van der Waals surface area contributed by atoms with Gasteiger partial charge >= 0.3 is 4.96 Å². The molecule has 0 spiro atoms. The van der Waals surface area contributed by atoms with E-state index < -0.39 is 4.92 Å². The summed E-state index contributed by atoms with van der Waals surface area (Å²) in [6.45, 7) is 0. The van der Waals surface area contributed by atoms with Crippen molar-refractivity contribution in [3.63, 3.8) is 0 Å². The van der Waals surface area contributed by atoms with Gasteiger partial charge in [-0.05, 0) is 24.3 Å². The average molecular weight is 297 g/mol. The number of aromatic amines is 1. The summed E-state index contributed by atoms with van der Waals surface area (Å²) >= 11 is 1.60. The highest BCUT2D eigenvalue weighted by atomic mass is 32.1. The number of para-hydroxylation sites is 1. The zero-order valence-corrected chi connectivity index (χ0v) is 11.5. The van der Waals surface area contributed by atoms with Crippen LogP contribution in [0.15, 0.2) is 48.5 Å². The molecule has 1 N–H and O–H groups in total. The second-order valence-electron chi connectivity index (χ2n) is 4.56. The summed E-state index contributed by atoms with van der Waals surface area (Å²) in [7, 11) is 0. The summed E-state index contributed by atoms with van der Waals surface area (Å²) in [6.07, 6.45) is 0. The highest BCUT2D eigenvalue weighted by Gasteiger charge is 2.21. The molecule has 2 aromatic heterocycles. The van der Waals surface area contributed by atoms with E-state index in [0.717, 1.165) is 26.6 Å². The van der Waals surface area contributed by atoms with Crippen molar-refractivity contribution in [3.05, 3.63) is 58.6 Å². The first-order chi connectivity index (χ1) is 10.2. The van der Waals surface area contributed by atoms with Gasteiger partial charge in [-0.1, -0.05) is 23.5 Å². The number of hydrogen-bond acceptors (Lipinski definition) is 4. The van der Waals surface area contributed by atoms with E-state index in [-0.39, 0.29) is 5.69 Å². The minimum absolute atomic E-state index is 0.0784. The number of thiazole rings is 1. The number of H-pyrrole nitrogens is 1. The molecule has 0 aliphatic carbocycles. The van der Waals surface area contributed by atoms with Gasteiger partial charge in [0.2, 0.25) is 0 Å². The van der Waals surface area contributed by atoms with Crippen molar-refractivity contribution in [2.24, 2.45) is 0 Å². The molecule has 0 fully saturated rings. The molecule has 4 aromatic rings. The number of nitrogens with zero attached hydrogens (tertiary/aromatic N) is 3. The van der Waals surface area contributed by atoms with Crippen LogP contribution >= 0.6 is 11.3 Å². The molecule has 6 nitrogen and oxygen atoms in total. The molecule has 0 aliphatic rings. The normalized spacial score (nSPS) is 11.2. The third kappa shape index (κ3) is 1.78. The second-order valence-corrected chi connectivity index (χ2v) is 5.57. The number of nitro groups is 1. The number of benzene rings is 2. The van der Waals surface area contributed by atoms with Crippen LogP contribution in [0.2, 0.25) is 0 Å². The van der Waals surface area contributed by atoms with Crippen LogP contribution < -0.4 is 4.40 Å². The van der Waals surface area contributed by atoms with E-state index in [9.17, 15) is 10.1 Å². The smallest absolute Gasteiger partial charge is 0.258 e. The Labute approximate surface area is 122 Å². The Balaban J connectivity index is 1.95. The van der Waals surface area contributed by atoms with Crippen LogP contribution in [0.3, 0.4) is 0 Å². The van der Waals surface area contributed by atoms with E-state index in [1.54, 1.807) is 23.5 Å². The number of nitrogens with one attached hydrogen (secondary N) is 1. The lowest BCUT2D eigenvalue weighted by Gasteiger charge is -1.95. The Kier molecular flexibility index (Phi) is 2.48. The summed E-state index contributed by atoms with van der Waals surface area (Å²) in [5.74, 6) is 0.817. The van der Waals surface area contributed by atoms with Crippen molar-refractivity contribution in [1.82, 2.24) is 10.2 Å². The predicted molar refractivity (Wildman–Crippen MR) is 79.2 cm³/mol. The largest absolute Gasteiger partial charge is 0.364 e. The SMILES string of the molecule is O=[N+]([O-])c1ccc(-c2[nH]nc3sc4ccccc4[n+]23)cc1. The summed E-state index contributed by atoms with van der Waals surface area (Å²) in [5, 5.41) is 18.0. The molecular weight excluding hydrogens is 288 g/mol. The van der Waals surface area contributed by atoms with Crippen molar-refractivity contribution < 1.29 is 9.32 Å². The van der Waals surface area contributed by atoms with Crippen molar-refractivity contribution in [1.29, 1.82) is 0 Å². The summed E-state index contributed by atoms with van der Waals surface area (Å²) in [4.78, 5) is 11.2. The summed E-state index contributed by atoms with van der Waals surface area (Å²) in [5.41, 5.74) is 2.01.